The number of rotatable bonds is 3. The molecular weight excluding hydrogens is 325 g/mol. The van der Waals surface area contributed by atoms with E-state index in [2.05, 4.69) is 26.1 Å². The maximum Gasteiger partial charge on any atom is 0.271 e. The number of nitro benzene ring substituents is 1. The van der Waals surface area contributed by atoms with Crippen LogP contribution in [-0.4, -0.2) is 15.1 Å². The van der Waals surface area contributed by atoms with E-state index in [0.717, 1.165) is 0 Å². The van der Waals surface area contributed by atoms with Crippen molar-refractivity contribution in [3.05, 3.63) is 38.7 Å². The topological polar surface area (TPSA) is 82.1 Å². The van der Waals surface area contributed by atoms with Crippen LogP contribution in [0.5, 0.6) is 0 Å². The number of nitro groups is 1. The van der Waals surface area contributed by atoms with Crippen LogP contribution < -0.4 is 0 Å². The van der Waals surface area contributed by atoms with E-state index < -0.39 is 10.3 Å². The summed E-state index contributed by atoms with van der Waals surface area (Å²) in [5, 5.41) is 17.9. The van der Waals surface area contributed by atoms with Crippen molar-refractivity contribution in [2.45, 2.75) is 12.3 Å². The molecule has 1 aromatic carbocycles. The van der Waals surface area contributed by atoms with E-state index in [-0.39, 0.29) is 17.5 Å². The van der Waals surface area contributed by atoms with Crippen LogP contribution in [0.3, 0.4) is 0 Å². The molecule has 0 fully saturated rings. The van der Waals surface area contributed by atoms with Crippen molar-refractivity contribution in [3.63, 3.8) is 0 Å². The molecule has 0 saturated carbocycles. The number of nitrogens with zero attached hydrogens (tertiary/aromatic N) is 3. The Morgan fingerprint density at radius 2 is 2.17 bits per heavy atom. The van der Waals surface area contributed by atoms with Crippen molar-refractivity contribution in [1.29, 1.82) is 0 Å². The third-order valence-corrected chi connectivity index (χ3v) is 2.77. The van der Waals surface area contributed by atoms with Crippen LogP contribution in [0.25, 0.3) is 11.5 Å². The third kappa shape index (κ3) is 2.68. The Labute approximate surface area is 115 Å². The summed E-state index contributed by atoms with van der Waals surface area (Å²) < 4.78 is 5.88. The lowest BCUT2D eigenvalue weighted by atomic mass is 10.2. The molecule has 1 atom stereocenters. The number of alkyl halides is 1. The lowest BCUT2D eigenvalue weighted by molar-refractivity contribution is -0.384. The second-order valence-electron chi connectivity index (χ2n) is 3.52. The van der Waals surface area contributed by atoms with Gasteiger partial charge < -0.3 is 4.42 Å². The Balaban J connectivity index is 2.46. The number of hydrogen-bond donors (Lipinski definition) is 0. The van der Waals surface area contributed by atoms with E-state index in [1.807, 2.05) is 0 Å². The molecule has 8 heteroatoms. The monoisotopic (exact) mass is 331 g/mol. The summed E-state index contributed by atoms with van der Waals surface area (Å²) in [7, 11) is 0. The van der Waals surface area contributed by atoms with Crippen LogP contribution in [0.4, 0.5) is 5.69 Å². The molecule has 2 rings (SSSR count). The summed E-state index contributed by atoms with van der Waals surface area (Å²) >= 11 is 9.00. The molecule has 1 unspecified atom stereocenters. The Bertz CT molecular complexity index is 600. The maximum absolute atomic E-state index is 10.7. The van der Waals surface area contributed by atoms with Crippen molar-refractivity contribution in [2.24, 2.45) is 0 Å². The van der Waals surface area contributed by atoms with Crippen molar-refractivity contribution in [2.75, 3.05) is 0 Å². The van der Waals surface area contributed by atoms with Gasteiger partial charge in [-0.1, -0.05) is 15.9 Å². The second kappa shape index (κ2) is 5.03. The molecule has 0 aliphatic rings. The maximum atomic E-state index is 10.7. The first-order chi connectivity index (χ1) is 8.47. The SMILES string of the molecule is CC(Cl)c1nnc(-c2cc(Br)cc([N+](=O)[O-])c2)o1. The predicted molar refractivity (Wildman–Crippen MR) is 68.4 cm³/mol. The normalized spacial score (nSPS) is 12.4. The fraction of sp³-hybridized carbons (Fsp3) is 0.200. The molecule has 0 bridgehead atoms. The highest BCUT2D eigenvalue weighted by Crippen LogP contribution is 2.29. The van der Waals surface area contributed by atoms with Gasteiger partial charge in [-0.2, -0.15) is 0 Å². The molecular formula is C10H7BrClN3O3. The molecule has 0 saturated heterocycles. The lowest BCUT2D eigenvalue weighted by Crippen LogP contribution is -1.89. The fourth-order valence-electron chi connectivity index (χ4n) is 1.32. The van der Waals surface area contributed by atoms with E-state index in [9.17, 15) is 10.1 Å². The molecule has 2 aromatic rings. The van der Waals surface area contributed by atoms with Crippen molar-refractivity contribution in [1.82, 2.24) is 10.2 Å². The molecule has 1 heterocycles. The minimum atomic E-state index is -0.490. The molecule has 0 aliphatic heterocycles. The number of non-ortho nitro benzene ring substituents is 1. The molecule has 0 N–H and O–H groups in total. The molecule has 1 aromatic heterocycles. The first kappa shape index (κ1) is 13.0. The van der Waals surface area contributed by atoms with Gasteiger partial charge in [-0.3, -0.25) is 10.1 Å². The molecule has 18 heavy (non-hydrogen) atoms. The average molecular weight is 333 g/mol. The quantitative estimate of drug-likeness (QED) is 0.486. The van der Waals surface area contributed by atoms with Gasteiger partial charge in [-0.25, -0.2) is 0 Å². The summed E-state index contributed by atoms with van der Waals surface area (Å²) in [4.78, 5) is 10.3. The summed E-state index contributed by atoms with van der Waals surface area (Å²) in [5.74, 6) is 0.469. The van der Waals surface area contributed by atoms with Crippen LogP contribution in [0.2, 0.25) is 0 Å². The van der Waals surface area contributed by atoms with Crippen LogP contribution in [-0.2, 0) is 0 Å². The van der Waals surface area contributed by atoms with E-state index in [1.165, 1.54) is 12.1 Å². The Morgan fingerprint density at radius 1 is 1.44 bits per heavy atom. The molecule has 0 aliphatic carbocycles. The van der Waals surface area contributed by atoms with Gasteiger partial charge in [0, 0.05) is 22.2 Å². The van der Waals surface area contributed by atoms with Gasteiger partial charge in [0.15, 0.2) is 0 Å². The Hall–Kier alpha value is -1.47. The first-order valence-corrected chi connectivity index (χ1v) is 6.13. The predicted octanol–water partition coefficient (Wildman–Crippen LogP) is 3.71. The van der Waals surface area contributed by atoms with Crippen molar-refractivity contribution < 1.29 is 9.34 Å². The van der Waals surface area contributed by atoms with E-state index >= 15 is 0 Å². The van der Waals surface area contributed by atoms with Gasteiger partial charge in [0.05, 0.1) is 4.92 Å². The van der Waals surface area contributed by atoms with Gasteiger partial charge in [0.25, 0.3) is 5.69 Å². The van der Waals surface area contributed by atoms with Gasteiger partial charge in [0.2, 0.25) is 11.8 Å². The summed E-state index contributed by atoms with van der Waals surface area (Å²) in [6, 6.07) is 4.41. The van der Waals surface area contributed by atoms with Crippen LogP contribution >= 0.6 is 27.5 Å². The molecule has 0 spiro atoms. The van der Waals surface area contributed by atoms with Crippen molar-refractivity contribution >= 4 is 33.2 Å². The zero-order valence-electron chi connectivity index (χ0n) is 9.13. The first-order valence-electron chi connectivity index (χ1n) is 4.90. The van der Waals surface area contributed by atoms with Gasteiger partial charge in [-0.05, 0) is 13.0 Å². The Kier molecular flexibility index (Phi) is 3.63. The van der Waals surface area contributed by atoms with Gasteiger partial charge in [-0.15, -0.1) is 21.8 Å². The molecule has 94 valence electrons. The second-order valence-corrected chi connectivity index (χ2v) is 5.09. The number of hydrogen-bond acceptors (Lipinski definition) is 5. The zero-order valence-corrected chi connectivity index (χ0v) is 11.5. The highest BCUT2D eigenvalue weighted by atomic mass is 79.9. The van der Waals surface area contributed by atoms with Crippen LogP contribution in [0.15, 0.2) is 27.1 Å². The zero-order chi connectivity index (χ0) is 13.3. The van der Waals surface area contributed by atoms with E-state index in [0.29, 0.717) is 10.0 Å². The number of benzene rings is 1. The summed E-state index contributed by atoms with van der Waals surface area (Å²) in [5.41, 5.74) is 0.408. The fourth-order valence-corrected chi connectivity index (χ4v) is 1.88. The van der Waals surface area contributed by atoms with E-state index in [4.69, 9.17) is 16.0 Å². The van der Waals surface area contributed by atoms with Gasteiger partial charge >= 0.3 is 0 Å². The molecule has 6 nitrogen and oxygen atoms in total. The van der Waals surface area contributed by atoms with Gasteiger partial charge in [0.1, 0.15) is 5.38 Å². The lowest BCUT2D eigenvalue weighted by Gasteiger charge is -1.98. The summed E-state index contributed by atoms with van der Waals surface area (Å²) in [6.45, 7) is 1.70. The number of aromatic nitrogens is 2. The summed E-state index contributed by atoms with van der Waals surface area (Å²) in [6.07, 6.45) is 0. The van der Waals surface area contributed by atoms with E-state index in [1.54, 1.807) is 13.0 Å². The van der Waals surface area contributed by atoms with Crippen LogP contribution in [0.1, 0.15) is 18.2 Å². The minimum absolute atomic E-state index is 0.0574. The van der Waals surface area contributed by atoms with Crippen molar-refractivity contribution in [3.8, 4) is 11.5 Å². The smallest absolute Gasteiger partial charge is 0.271 e. The minimum Gasteiger partial charge on any atom is -0.419 e. The average Bonchev–Trinajstić information content (AvgIpc) is 2.77. The van der Waals surface area contributed by atoms with Crippen LogP contribution in [0, 0.1) is 10.1 Å². The Morgan fingerprint density at radius 3 is 2.72 bits per heavy atom. The largest absolute Gasteiger partial charge is 0.419 e. The highest BCUT2D eigenvalue weighted by molar-refractivity contribution is 9.10. The molecule has 0 amide bonds. The standard InChI is InChI=1S/C10H7BrClN3O3/c1-5(12)9-13-14-10(18-9)6-2-7(11)4-8(3-6)15(16)17/h2-5H,1H3. The third-order valence-electron chi connectivity index (χ3n) is 2.12. The number of halogens is 2. The highest BCUT2D eigenvalue weighted by Gasteiger charge is 2.16. The molecule has 0 radical (unpaired) electrons.